The van der Waals surface area contributed by atoms with Crippen molar-refractivity contribution in [2.24, 2.45) is 0 Å². The quantitative estimate of drug-likeness (QED) is 0.848. The van der Waals surface area contributed by atoms with Crippen molar-refractivity contribution < 1.29 is 4.79 Å². The van der Waals surface area contributed by atoms with Crippen LogP contribution in [0.5, 0.6) is 0 Å². The highest BCUT2D eigenvalue weighted by Crippen LogP contribution is 2.21. The summed E-state index contributed by atoms with van der Waals surface area (Å²) in [6, 6.07) is 7.94. The lowest BCUT2D eigenvalue weighted by atomic mass is 10.0. The summed E-state index contributed by atoms with van der Waals surface area (Å²) in [6.07, 6.45) is 6.56. The number of nitrogens with zero attached hydrogens (tertiary/aromatic N) is 5. The maximum absolute atomic E-state index is 12.6. The molecular weight excluding hydrogens is 302 g/mol. The van der Waals surface area contributed by atoms with Gasteiger partial charge in [0, 0.05) is 17.8 Å². The van der Waals surface area contributed by atoms with E-state index in [-0.39, 0.29) is 12.5 Å². The summed E-state index contributed by atoms with van der Waals surface area (Å²) in [6.45, 7) is 4.82. The van der Waals surface area contributed by atoms with Crippen molar-refractivity contribution in [2.75, 3.05) is 6.54 Å². The summed E-state index contributed by atoms with van der Waals surface area (Å²) in [5, 5.41) is 12.4. The molecule has 0 spiro atoms. The van der Waals surface area contributed by atoms with E-state index in [4.69, 9.17) is 0 Å². The zero-order chi connectivity index (χ0) is 16.9. The highest BCUT2D eigenvalue weighted by molar-refractivity contribution is 5.77. The lowest BCUT2D eigenvalue weighted by Crippen LogP contribution is -2.34. The minimum atomic E-state index is 0.0125. The average molecular weight is 325 g/mol. The van der Waals surface area contributed by atoms with Gasteiger partial charge in [-0.1, -0.05) is 35.9 Å². The number of aryl methyl sites for hydroxylation is 1. The molecule has 1 heterocycles. The maximum Gasteiger partial charge on any atom is 0.250 e. The number of amides is 1. The van der Waals surface area contributed by atoms with Gasteiger partial charge in [0.25, 0.3) is 0 Å². The van der Waals surface area contributed by atoms with Crippen LogP contribution in [0.2, 0.25) is 0 Å². The van der Waals surface area contributed by atoms with Gasteiger partial charge in [-0.15, -0.1) is 10.2 Å². The Morgan fingerprint density at radius 3 is 2.71 bits per heavy atom. The summed E-state index contributed by atoms with van der Waals surface area (Å²) < 4.78 is 0. The molecular formula is C18H23N5O. The summed E-state index contributed by atoms with van der Waals surface area (Å²) in [7, 11) is 0. The fourth-order valence-electron chi connectivity index (χ4n) is 2.94. The molecule has 0 bridgehead atoms. The van der Waals surface area contributed by atoms with E-state index in [0.717, 1.165) is 30.5 Å². The third kappa shape index (κ3) is 3.69. The molecule has 6 heteroatoms. The first kappa shape index (κ1) is 16.4. The van der Waals surface area contributed by atoms with E-state index < -0.39 is 0 Å². The first-order valence-electron chi connectivity index (χ1n) is 8.51. The Bertz CT molecular complexity index is 732. The van der Waals surface area contributed by atoms with E-state index in [2.05, 4.69) is 21.5 Å². The first-order chi connectivity index (χ1) is 11.7. The maximum atomic E-state index is 12.6. The zero-order valence-corrected chi connectivity index (χ0v) is 14.3. The lowest BCUT2D eigenvalue weighted by molar-refractivity contribution is -0.130. The van der Waals surface area contributed by atoms with Crippen LogP contribution in [0.1, 0.15) is 38.2 Å². The Hall–Kier alpha value is -2.50. The van der Waals surface area contributed by atoms with Crippen LogP contribution in [-0.2, 0) is 11.3 Å². The topological polar surface area (TPSA) is 63.9 Å². The summed E-state index contributed by atoms with van der Waals surface area (Å²) in [5.41, 5.74) is 3.22. The smallest absolute Gasteiger partial charge is 0.250 e. The second kappa shape index (κ2) is 7.38. The second-order valence-corrected chi connectivity index (χ2v) is 6.09. The molecule has 0 unspecified atom stereocenters. The van der Waals surface area contributed by atoms with Gasteiger partial charge < -0.3 is 4.90 Å². The van der Waals surface area contributed by atoms with E-state index in [1.54, 1.807) is 0 Å². The molecule has 0 saturated heterocycles. The first-order valence-corrected chi connectivity index (χ1v) is 8.51. The molecule has 24 heavy (non-hydrogen) atoms. The molecule has 0 radical (unpaired) electrons. The minimum Gasteiger partial charge on any atom is -0.315 e. The highest BCUT2D eigenvalue weighted by atomic mass is 16.2. The van der Waals surface area contributed by atoms with Gasteiger partial charge in [-0.25, -0.2) is 0 Å². The Kier molecular flexibility index (Phi) is 5.03. The molecule has 1 aromatic heterocycles. The molecule has 1 amide bonds. The molecule has 6 nitrogen and oxygen atoms in total. The van der Waals surface area contributed by atoms with Crippen LogP contribution in [0, 0.1) is 6.92 Å². The number of likely N-dealkylation sites (N-methyl/N-ethyl adjacent to an activating group) is 1. The molecule has 0 fully saturated rings. The normalized spacial score (nSPS) is 14.3. The number of carbonyl (C=O) groups is 1. The van der Waals surface area contributed by atoms with Gasteiger partial charge in [0.15, 0.2) is 0 Å². The Labute approximate surface area is 142 Å². The zero-order valence-electron chi connectivity index (χ0n) is 14.3. The van der Waals surface area contributed by atoms with Gasteiger partial charge in [-0.3, -0.25) is 4.79 Å². The SMILES string of the molecule is CCN(C(=O)Cn1nnc(-c2ccc(C)cc2)n1)C1=CCCCC1. The molecule has 126 valence electrons. The van der Waals surface area contributed by atoms with Gasteiger partial charge in [-0.2, -0.15) is 4.80 Å². The van der Waals surface area contributed by atoms with Gasteiger partial charge >= 0.3 is 0 Å². The number of hydrogen-bond donors (Lipinski definition) is 0. The number of tetrazole rings is 1. The van der Waals surface area contributed by atoms with Crippen LogP contribution >= 0.6 is 0 Å². The molecule has 3 rings (SSSR count). The van der Waals surface area contributed by atoms with Crippen LogP contribution in [0.3, 0.4) is 0 Å². The lowest BCUT2D eigenvalue weighted by Gasteiger charge is -2.26. The molecule has 1 aliphatic rings. The molecule has 0 saturated carbocycles. The number of benzene rings is 1. The molecule has 2 aromatic rings. The third-order valence-corrected chi connectivity index (χ3v) is 4.27. The van der Waals surface area contributed by atoms with Crippen molar-refractivity contribution in [2.45, 2.75) is 46.1 Å². The van der Waals surface area contributed by atoms with E-state index in [1.165, 1.54) is 16.8 Å². The predicted molar refractivity (Wildman–Crippen MR) is 91.9 cm³/mol. The van der Waals surface area contributed by atoms with Gasteiger partial charge in [0.2, 0.25) is 11.7 Å². The van der Waals surface area contributed by atoms with E-state index in [0.29, 0.717) is 12.4 Å². The largest absolute Gasteiger partial charge is 0.315 e. The number of hydrogen-bond acceptors (Lipinski definition) is 4. The van der Waals surface area contributed by atoms with Gasteiger partial charge in [0.1, 0.15) is 6.54 Å². The molecule has 0 atom stereocenters. The highest BCUT2D eigenvalue weighted by Gasteiger charge is 2.19. The van der Waals surface area contributed by atoms with Crippen molar-refractivity contribution in [3.8, 4) is 11.4 Å². The number of carbonyl (C=O) groups excluding carboxylic acids is 1. The summed E-state index contributed by atoms with van der Waals surface area (Å²) in [5.74, 6) is 0.557. The van der Waals surface area contributed by atoms with E-state index in [9.17, 15) is 4.79 Å². The summed E-state index contributed by atoms with van der Waals surface area (Å²) >= 11 is 0. The van der Waals surface area contributed by atoms with E-state index >= 15 is 0 Å². The minimum absolute atomic E-state index is 0.0125. The summed E-state index contributed by atoms with van der Waals surface area (Å²) in [4.78, 5) is 15.8. The monoisotopic (exact) mass is 325 g/mol. The predicted octanol–water partition coefficient (Wildman–Crippen LogP) is 2.95. The van der Waals surface area contributed by atoms with Crippen molar-refractivity contribution in [3.63, 3.8) is 0 Å². The molecule has 1 aliphatic carbocycles. The second-order valence-electron chi connectivity index (χ2n) is 6.09. The number of rotatable bonds is 5. The van der Waals surface area contributed by atoms with Crippen molar-refractivity contribution >= 4 is 5.91 Å². The average Bonchev–Trinajstić information content (AvgIpc) is 3.05. The third-order valence-electron chi connectivity index (χ3n) is 4.27. The van der Waals surface area contributed by atoms with Crippen LogP contribution in [0.15, 0.2) is 36.0 Å². The van der Waals surface area contributed by atoms with E-state index in [1.807, 2.05) is 43.0 Å². The van der Waals surface area contributed by atoms with Crippen LogP contribution in [0.25, 0.3) is 11.4 Å². The van der Waals surface area contributed by atoms with Crippen LogP contribution < -0.4 is 0 Å². The molecule has 0 N–H and O–H groups in total. The van der Waals surface area contributed by atoms with Gasteiger partial charge in [0.05, 0.1) is 0 Å². The number of aromatic nitrogens is 4. The van der Waals surface area contributed by atoms with Gasteiger partial charge in [-0.05, 0) is 44.7 Å². The number of allylic oxidation sites excluding steroid dienone is 2. The van der Waals surface area contributed by atoms with Crippen molar-refractivity contribution in [3.05, 3.63) is 41.6 Å². The standard InChI is InChI=1S/C18H23N5O/c1-3-22(16-7-5-4-6-8-16)17(24)13-23-20-18(19-21-23)15-11-9-14(2)10-12-15/h7,9-12H,3-6,8,13H2,1-2H3. The van der Waals surface area contributed by atoms with Crippen LogP contribution in [-0.4, -0.2) is 37.6 Å². The van der Waals surface area contributed by atoms with Crippen molar-refractivity contribution in [1.29, 1.82) is 0 Å². The fourth-order valence-corrected chi connectivity index (χ4v) is 2.94. The Morgan fingerprint density at radius 2 is 2.04 bits per heavy atom. The van der Waals surface area contributed by atoms with Crippen molar-refractivity contribution in [1.82, 2.24) is 25.1 Å². The molecule has 0 aliphatic heterocycles. The Morgan fingerprint density at radius 1 is 1.25 bits per heavy atom. The Balaban J connectivity index is 1.70. The molecule has 1 aromatic carbocycles. The van der Waals surface area contributed by atoms with Crippen LogP contribution in [0.4, 0.5) is 0 Å². The fraction of sp³-hybridized carbons (Fsp3) is 0.444.